The summed E-state index contributed by atoms with van der Waals surface area (Å²) in [7, 11) is 0. The molecule has 0 heterocycles. The van der Waals surface area contributed by atoms with Crippen LogP contribution in [0.3, 0.4) is 0 Å². The quantitative estimate of drug-likeness (QED) is 0.668. The van der Waals surface area contributed by atoms with E-state index in [0.29, 0.717) is 22.4 Å². The topological polar surface area (TPSA) is 73.1 Å². The molecule has 0 radical (unpaired) electrons. The first-order chi connectivity index (χ1) is 10.9. The maximum atomic E-state index is 12.2. The number of anilines is 1. The van der Waals surface area contributed by atoms with Crippen molar-refractivity contribution in [1.29, 1.82) is 5.26 Å². The SMILES string of the molecule is Cc1ccc(NC(=O)/C(C#N)=C\c2cc(C)c(O)c(C)c2)cc1. The van der Waals surface area contributed by atoms with Gasteiger partial charge in [0.15, 0.2) is 0 Å². The number of nitrogens with one attached hydrogen (secondary N) is 1. The van der Waals surface area contributed by atoms with Gasteiger partial charge in [0.2, 0.25) is 0 Å². The Morgan fingerprint density at radius 1 is 1.13 bits per heavy atom. The minimum Gasteiger partial charge on any atom is -0.507 e. The van der Waals surface area contributed by atoms with E-state index in [4.69, 9.17) is 0 Å². The molecule has 2 aromatic carbocycles. The number of amides is 1. The molecule has 1 amide bonds. The zero-order valence-corrected chi connectivity index (χ0v) is 13.3. The number of aryl methyl sites for hydroxylation is 3. The minimum absolute atomic E-state index is 0.00932. The van der Waals surface area contributed by atoms with Crippen molar-refractivity contribution in [2.75, 3.05) is 5.32 Å². The number of hydrogen-bond acceptors (Lipinski definition) is 3. The third-order valence-electron chi connectivity index (χ3n) is 3.50. The van der Waals surface area contributed by atoms with Gasteiger partial charge in [0.05, 0.1) is 0 Å². The standard InChI is InChI=1S/C19H18N2O2/c1-12-4-6-17(7-5-12)21-19(23)16(11-20)10-15-8-13(2)18(22)14(3)9-15/h4-10,22H,1-3H3,(H,21,23)/b16-10-. The number of phenolic OH excluding ortho intramolecular Hbond substituents is 1. The lowest BCUT2D eigenvalue weighted by Gasteiger charge is -2.07. The van der Waals surface area contributed by atoms with Crippen LogP contribution in [-0.4, -0.2) is 11.0 Å². The maximum Gasteiger partial charge on any atom is 0.266 e. The number of rotatable bonds is 3. The summed E-state index contributed by atoms with van der Waals surface area (Å²) >= 11 is 0. The molecule has 0 aliphatic carbocycles. The largest absolute Gasteiger partial charge is 0.507 e. The number of carbonyl (C=O) groups is 1. The summed E-state index contributed by atoms with van der Waals surface area (Å²) < 4.78 is 0. The monoisotopic (exact) mass is 306 g/mol. The number of benzene rings is 2. The van der Waals surface area contributed by atoms with Gasteiger partial charge in [-0.1, -0.05) is 17.7 Å². The van der Waals surface area contributed by atoms with Crippen molar-refractivity contribution in [2.45, 2.75) is 20.8 Å². The Balaban J connectivity index is 2.26. The first kappa shape index (κ1) is 16.3. The Hall–Kier alpha value is -3.06. The van der Waals surface area contributed by atoms with E-state index in [0.717, 1.165) is 5.56 Å². The predicted octanol–water partition coefficient (Wildman–Crippen LogP) is 3.86. The molecule has 0 atom stereocenters. The molecule has 23 heavy (non-hydrogen) atoms. The van der Waals surface area contributed by atoms with Crippen LogP contribution >= 0.6 is 0 Å². The number of nitrogens with zero attached hydrogens (tertiary/aromatic N) is 1. The number of aromatic hydroxyl groups is 1. The van der Waals surface area contributed by atoms with Crippen LogP contribution in [-0.2, 0) is 4.79 Å². The number of hydrogen-bond donors (Lipinski definition) is 2. The molecule has 4 heteroatoms. The smallest absolute Gasteiger partial charge is 0.266 e. The third kappa shape index (κ3) is 3.98. The molecule has 0 aliphatic rings. The van der Waals surface area contributed by atoms with Crippen LogP contribution in [0.4, 0.5) is 5.69 Å². The average molecular weight is 306 g/mol. The molecular weight excluding hydrogens is 288 g/mol. The molecular formula is C19H18N2O2. The Morgan fingerprint density at radius 3 is 2.22 bits per heavy atom. The van der Waals surface area contributed by atoms with Gasteiger partial charge in [-0.25, -0.2) is 0 Å². The fourth-order valence-corrected chi connectivity index (χ4v) is 2.22. The van der Waals surface area contributed by atoms with E-state index in [1.807, 2.05) is 25.1 Å². The fraction of sp³-hybridized carbons (Fsp3) is 0.158. The van der Waals surface area contributed by atoms with Crippen molar-refractivity contribution in [3.8, 4) is 11.8 Å². The number of phenols is 1. The van der Waals surface area contributed by atoms with Crippen molar-refractivity contribution in [3.63, 3.8) is 0 Å². The van der Waals surface area contributed by atoms with Crippen molar-refractivity contribution in [3.05, 3.63) is 64.2 Å². The zero-order chi connectivity index (χ0) is 17.0. The summed E-state index contributed by atoms with van der Waals surface area (Å²) in [4.78, 5) is 12.2. The van der Waals surface area contributed by atoms with Gasteiger partial charge in [-0.05, 0) is 67.8 Å². The average Bonchev–Trinajstić information content (AvgIpc) is 2.52. The van der Waals surface area contributed by atoms with E-state index in [9.17, 15) is 15.2 Å². The van der Waals surface area contributed by atoms with E-state index < -0.39 is 5.91 Å². The second kappa shape index (κ2) is 6.80. The second-order valence-electron chi connectivity index (χ2n) is 5.49. The Labute approximate surface area is 135 Å². The molecule has 2 N–H and O–H groups in total. The van der Waals surface area contributed by atoms with Crippen LogP contribution in [0.25, 0.3) is 6.08 Å². The molecule has 4 nitrogen and oxygen atoms in total. The fourth-order valence-electron chi connectivity index (χ4n) is 2.22. The first-order valence-corrected chi connectivity index (χ1v) is 7.20. The van der Waals surface area contributed by atoms with Crippen LogP contribution in [0.5, 0.6) is 5.75 Å². The van der Waals surface area contributed by atoms with Gasteiger partial charge in [0.25, 0.3) is 5.91 Å². The normalized spacial score (nSPS) is 11.0. The first-order valence-electron chi connectivity index (χ1n) is 7.20. The zero-order valence-electron chi connectivity index (χ0n) is 13.3. The van der Waals surface area contributed by atoms with Gasteiger partial charge >= 0.3 is 0 Å². The minimum atomic E-state index is -0.459. The van der Waals surface area contributed by atoms with E-state index in [1.165, 1.54) is 6.08 Å². The molecule has 0 saturated heterocycles. The molecule has 0 unspecified atom stereocenters. The molecule has 116 valence electrons. The van der Waals surface area contributed by atoms with E-state index in [-0.39, 0.29) is 11.3 Å². The van der Waals surface area contributed by atoms with Gasteiger partial charge < -0.3 is 10.4 Å². The van der Waals surface area contributed by atoms with E-state index >= 15 is 0 Å². The highest BCUT2D eigenvalue weighted by Crippen LogP contribution is 2.24. The van der Waals surface area contributed by atoms with Crippen molar-refractivity contribution >= 4 is 17.7 Å². The van der Waals surface area contributed by atoms with Crippen LogP contribution in [0.2, 0.25) is 0 Å². The van der Waals surface area contributed by atoms with Gasteiger partial charge in [-0.3, -0.25) is 4.79 Å². The van der Waals surface area contributed by atoms with E-state index in [2.05, 4.69) is 5.32 Å². The van der Waals surface area contributed by atoms with Gasteiger partial charge in [-0.2, -0.15) is 5.26 Å². The lowest BCUT2D eigenvalue weighted by Crippen LogP contribution is -2.13. The van der Waals surface area contributed by atoms with Crippen LogP contribution in [0.15, 0.2) is 42.0 Å². The van der Waals surface area contributed by atoms with Crippen molar-refractivity contribution in [1.82, 2.24) is 0 Å². The summed E-state index contributed by atoms with van der Waals surface area (Å²) in [6, 6.07) is 12.7. The second-order valence-corrected chi connectivity index (χ2v) is 5.49. The van der Waals surface area contributed by atoms with Crippen LogP contribution in [0.1, 0.15) is 22.3 Å². The van der Waals surface area contributed by atoms with Gasteiger partial charge in [-0.15, -0.1) is 0 Å². The van der Waals surface area contributed by atoms with E-state index in [1.54, 1.807) is 38.1 Å². The van der Waals surface area contributed by atoms with Crippen molar-refractivity contribution < 1.29 is 9.90 Å². The summed E-state index contributed by atoms with van der Waals surface area (Å²) in [6.07, 6.45) is 1.52. The third-order valence-corrected chi connectivity index (χ3v) is 3.50. The number of carbonyl (C=O) groups excluding carboxylic acids is 1. The van der Waals surface area contributed by atoms with Gasteiger partial charge in [0.1, 0.15) is 17.4 Å². The van der Waals surface area contributed by atoms with Crippen LogP contribution < -0.4 is 5.32 Å². The highest BCUT2D eigenvalue weighted by molar-refractivity contribution is 6.09. The molecule has 0 fully saturated rings. The Kier molecular flexibility index (Phi) is 4.82. The summed E-state index contributed by atoms with van der Waals surface area (Å²) in [6.45, 7) is 5.51. The molecule has 0 aliphatic heterocycles. The Bertz CT molecular complexity index is 789. The molecule has 0 spiro atoms. The Morgan fingerprint density at radius 2 is 1.70 bits per heavy atom. The van der Waals surface area contributed by atoms with Gasteiger partial charge in [0, 0.05) is 5.69 Å². The highest BCUT2D eigenvalue weighted by atomic mass is 16.3. The number of nitriles is 1. The summed E-state index contributed by atoms with van der Waals surface area (Å²) in [5.74, 6) is -0.232. The maximum absolute atomic E-state index is 12.2. The molecule has 0 saturated carbocycles. The molecule has 0 bridgehead atoms. The van der Waals surface area contributed by atoms with Crippen LogP contribution in [0, 0.1) is 32.1 Å². The molecule has 2 rings (SSSR count). The summed E-state index contributed by atoms with van der Waals surface area (Å²) in [5, 5.41) is 21.7. The van der Waals surface area contributed by atoms with Crippen molar-refractivity contribution in [2.24, 2.45) is 0 Å². The predicted molar refractivity (Wildman–Crippen MR) is 91.0 cm³/mol. The lowest BCUT2D eigenvalue weighted by atomic mass is 10.0. The highest BCUT2D eigenvalue weighted by Gasteiger charge is 2.10. The molecule has 2 aromatic rings. The molecule has 0 aromatic heterocycles. The lowest BCUT2D eigenvalue weighted by molar-refractivity contribution is -0.112. The summed E-state index contributed by atoms with van der Waals surface area (Å²) in [5.41, 5.74) is 3.84.